The lowest BCUT2D eigenvalue weighted by Gasteiger charge is -2.20. The Hall–Kier alpha value is -2.34. The van der Waals surface area contributed by atoms with Crippen molar-refractivity contribution in [2.45, 2.75) is 19.4 Å². The highest BCUT2D eigenvalue weighted by molar-refractivity contribution is 6.06. The lowest BCUT2D eigenvalue weighted by Crippen LogP contribution is -2.42. The van der Waals surface area contributed by atoms with Gasteiger partial charge in [-0.1, -0.05) is 18.1 Å². The average Bonchev–Trinajstić information content (AvgIpc) is 2.37. The number of rotatable bonds is 2. The summed E-state index contributed by atoms with van der Waals surface area (Å²) in [6.07, 6.45) is 7.07. The molecule has 0 bridgehead atoms. The molecule has 1 heterocycles. The normalized spacial score (nSPS) is 10.9. The summed E-state index contributed by atoms with van der Waals surface area (Å²) in [4.78, 5) is 16.4. The fourth-order valence-electron chi connectivity index (χ4n) is 1.69. The van der Waals surface area contributed by atoms with Crippen LogP contribution in [-0.4, -0.2) is 16.4 Å². The molecule has 3 nitrogen and oxygen atoms in total. The summed E-state index contributed by atoms with van der Waals surface area (Å²) in [7, 11) is 0. The number of carbonyl (C=O) groups is 1. The lowest BCUT2D eigenvalue weighted by molar-refractivity contribution is 0.0931. The maximum atomic E-state index is 12.2. The topological polar surface area (TPSA) is 42.0 Å². The van der Waals surface area contributed by atoms with E-state index in [9.17, 15) is 4.79 Å². The molecular weight excluding hydrogens is 224 g/mol. The predicted molar refractivity (Wildman–Crippen MR) is 72.1 cm³/mol. The van der Waals surface area contributed by atoms with Crippen LogP contribution in [0, 0.1) is 12.3 Å². The minimum absolute atomic E-state index is 0.184. The monoisotopic (exact) mass is 238 g/mol. The molecule has 1 amide bonds. The highest BCUT2D eigenvalue weighted by Gasteiger charge is 2.19. The Bertz CT molecular complexity index is 633. The molecular formula is C15H14N2O. The zero-order valence-corrected chi connectivity index (χ0v) is 10.4. The van der Waals surface area contributed by atoms with Gasteiger partial charge in [-0.3, -0.25) is 9.78 Å². The summed E-state index contributed by atoms with van der Waals surface area (Å²) in [6, 6.07) is 9.14. The van der Waals surface area contributed by atoms with Crippen molar-refractivity contribution in [3.05, 3.63) is 42.1 Å². The maximum Gasteiger partial charge on any atom is 0.253 e. The quantitative estimate of drug-likeness (QED) is 0.816. The third-order valence-corrected chi connectivity index (χ3v) is 2.68. The molecule has 0 spiro atoms. The molecule has 1 aromatic carbocycles. The second kappa shape index (κ2) is 4.50. The first-order valence-electron chi connectivity index (χ1n) is 5.67. The standard InChI is InChI=1S/C15H14N2O/c1-4-15(2,3)17-14(18)12-7-5-9-13-11(12)8-6-10-16-13/h1,5-10H,2-3H3,(H,17,18). The van der Waals surface area contributed by atoms with Crippen molar-refractivity contribution in [2.24, 2.45) is 0 Å². The van der Waals surface area contributed by atoms with Crippen LogP contribution in [0.3, 0.4) is 0 Å². The van der Waals surface area contributed by atoms with Crippen molar-refractivity contribution in [3.8, 4) is 12.3 Å². The Morgan fingerprint density at radius 3 is 2.83 bits per heavy atom. The van der Waals surface area contributed by atoms with Crippen molar-refractivity contribution in [2.75, 3.05) is 0 Å². The smallest absolute Gasteiger partial charge is 0.253 e. The van der Waals surface area contributed by atoms with Gasteiger partial charge in [-0.05, 0) is 32.0 Å². The Labute approximate surface area is 106 Å². The van der Waals surface area contributed by atoms with Crippen molar-refractivity contribution in [3.63, 3.8) is 0 Å². The molecule has 18 heavy (non-hydrogen) atoms. The van der Waals surface area contributed by atoms with Gasteiger partial charge in [0.2, 0.25) is 0 Å². The summed E-state index contributed by atoms with van der Waals surface area (Å²) < 4.78 is 0. The van der Waals surface area contributed by atoms with Crippen molar-refractivity contribution < 1.29 is 4.79 Å². The zero-order valence-electron chi connectivity index (χ0n) is 10.4. The fraction of sp³-hybridized carbons (Fsp3) is 0.200. The SMILES string of the molecule is C#CC(C)(C)NC(=O)c1cccc2ncccc12. The van der Waals surface area contributed by atoms with Crippen LogP contribution in [0.4, 0.5) is 0 Å². The van der Waals surface area contributed by atoms with Gasteiger partial charge in [-0.2, -0.15) is 0 Å². The van der Waals surface area contributed by atoms with Gasteiger partial charge in [0.1, 0.15) is 0 Å². The van der Waals surface area contributed by atoms with Crippen molar-refractivity contribution in [1.82, 2.24) is 10.3 Å². The van der Waals surface area contributed by atoms with E-state index in [1.54, 1.807) is 26.1 Å². The number of hydrogen-bond donors (Lipinski definition) is 1. The van der Waals surface area contributed by atoms with E-state index < -0.39 is 5.54 Å². The Kier molecular flexibility index (Phi) is 3.03. The molecule has 2 aromatic rings. The molecule has 0 aliphatic heterocycles. The van der Waals surface area contributed by atoms with Gasteiger partial charge in [0, 0.05) is 17.1 Å². The highest BCUT2D eigenvalue weighted by atomic mass is 16.1. The number of pyridine rings is 1. The van der Waals surface area contributed by atoms with Gasteiger partial charge in [-0.25, -0.2) is 0 Å². The Balaban J connectivity index is 2.43. The summed E-state index contributed by atoms with van der Waals surface area (Å²) in [5, 5.41) is 3.64. The molecule has 3 heteroatoms. The largest absolute Gasteiger partial charge is 0.336 e. The van der Waals surface area contributed by atoms with E-state index in [4.69, 9.17) is 6.42 Å². The second-order valence-corrected chi connectivity index (χ2v) is 4.60. The molecule has 0 unspecified atom stereocenters. The van der Waals surface area contributed by atoms with Crippen LogP contribution in [-0.2, 0) is 0 Å². The van der Waals surface area contributed by atoms with Gasteiger partial charge in [0.15, 0.2) is 0 Å². The van der Waals surface area contributed by atoms with Crippen molar-refractivity contribution in [1.29, 1.82) is 0 Å². The predicted octanol–water partition coefficient (Wildman–Crippen LogP) is 2.38. The number of carbonyl (C=O) groups excluding carboxylic acids is 1. The van der Waals surface area contributed by atoms with Crippen LogP contribution in [0.5, 0.6) is 0 Å². The third kappa shape index (κ3) is 2.33. The van der Waals surface area contributed by atoms with Gasteiger partial charge < -0.3 is 5.32 Å². The molecule has 0 aliphatic carbocycles. The Morgan fingerprint density at radius 2 is 2.11 bits per heavy atom. The molecule has 0 aliphatic rings. The third-order valence-electron chi connectivity index (χ3n) is 2.68. The molecule has 2 rings (SSSR count). The first-order chi connectivity index (χ1) is 8.53. The van der Waals surface area contributed by atoms with E-state index in [-0.39, 0.29) is 5.91 Å². The van der Waals surface area contributed by atoms with E-state index >= 15 is 0 Å². The fourth-order valence-corrected chi connectivity index (χ4v) is 1.69. The van der Waals surface area contributed by atoms with E-state index in [2.05, 4.69) is 16.2 Å². The van der Waals surface area contributed by atoms with Crippen molar-refractivity contribution >= 4 is 16.8 Å². The number of nitrogens with one attached hydrogen (secondary N) is 1. The molecule has 0 atom stereocenters. The van der Waals surface area contributed by atoms with Crippen LogP contribution in [0.2, 0.25) is 0 Å². The van der Waals surface area contributed by atoms with Gasteiger partial charge >= 0.3 is 0 Å². The number of fused-ring (bicyclic) bond motifs is 1. The van der Waals surface area contributed by atoms with E-state index in [1.165, 1.54) is 0 Å². The van der Waals surface area contributed by atoms with Crippen LogP contribution < -0.4 is 5.32 Å². The van der Waals surface area contributed by atoms with Crippen LogP contribution in [0.1, 0.15) is 24.2 Å². The summed E-state index contributed by atoms with van der Waals surface area (Å²) in [6.45, 7) is 3.57. The Morgan fingerprint density at radius 1 is 1.33 bits per heavy atom. The minimum Gasteiger partial charge on any atom is -0.336 e. The lowest BCUT2D eigenvalue weighted by atomic mass is 10.0. The maximum absolute atomic E-state index is 12.2. The number of benzene rings is 1. The summed E-state index contributed by atoms with van der Waals surface area (Å²) in [5.41, 5.74) is 0.717. The number of terminal acetylenes is 1. The van der Waals surface area contributed by atoms with E-state index in [1.807, 2.05) is 24.3 Å². The highest BCUT2D eigenvalue weighted by Crippen LogP contribution is 2.17. The van der Waals surface area contributed by atoms with Crippen LogP contribution in [0.25, 0.3) is 10.9 Å². The summed E-state index contributed by atoms with van der Waals surface area (Å²) in [5.74, 6) is 2.36. The van der Waals surface area contributed by atoms with Crippen LogP contribution >= 0.6 is 0 Å². The molecule has 0 fully saturated rings. The first-order valence-corrected chi connectivity index (χ1v) is 5.67. The van der Waals surface area contributed by atoms with Gasteiger partial charge in [0.25, 0.3) is 5.91 Å². The average molecular weight is 238 g/mol. The molecule has 1 N–H and O–H groups in total. The molecule has 0 saturated carbocycles. The number of nitrogens with zero attached hydrogens (tertiary/aromatic N) is 1. The molecule has 0 radical (unpaired) electrons. The van der Waals surface area contributed by atoms with Crippen LogP contribution in [0.15, 0.2) is 36.5 Å². The zero-order chi connectivity index (χ0) is 13.2. The first kappa shape index (κ1) is 12.1. The number of aromatic nitrogens is 1. The van der Waals surface area contributed by atoms with E-state index in [0.29, 0.717) is 5.56 Å². The molecule has 1 aromatic heterocycles. The second-order valence-electron chi connectivity index (χ2n) is 4.60. The molecule has 90 valence electrons. The van der Waals surface area contributed by atoms with E-state index in [0.717, 1.165) is 10.9 Å². The number of hydrogen-bond acceptors (Lipinski definition) is 2. The van der Waals surface area contributed by atoms with Gasteiger partial charge in [0.05, 0.1) is 11.1 Å². The number of amides is 1. The van der Waals surface area contributed by atoms with Gasteiger partial charge in [-0.15, -0.1) is 6.42 Å². The minimum atomic E-state index is -0.665. The summed E-state index contributed by atoms with van der Waals surface area (Å²) >= 11 is 0. The molecule has 0 saturated heterocycles.